The monoisotopic (exact) mass is 399 g/mol. The third-order valence-corrected chi connectivity index (χ3v) is 4.23. The van der Waals surface area contributed by atoms with E-state index in [1.54, 1.807) is 23.0 Å². The molecule has 1 heterocycles. The Balaban J connectivity index is 1.58. The predicted octanol–water partition coefficient (Wildman–Crippen LogP) is 4.65. The fourth-order valence-corrected chi connectivity index (χ4v) is 2.82. The van der Waals surface area contributed by atoms with Crippen LogP contribution in [0.1, 0.15) is 19.0 Å². The van der Waals surface area contributed by atoms with Crippen LogP contribution >= 0.6 is 11.6 Å². The first-order chi connectivity index (χ1) is 13.7. The number of para-hydroxylation sites is 1. The highest BCUT2D eigenvalue weighted by atomic mass is 35.5. The van der Waals surface area contributed by atoms with Crippen LogP contribution in [0.5, 0.6) is 11.5 Å². The Bertz CT molecular complexity index is 895. The molecule has 0 radical (unpaired) electrons. The van der Waals surface area contributed by atoms with Crippen molar-refractivity contribution in [3.63, 3.8) is 0 Å². The molecule has 6 nitrogen and oxygen atoms in total. The van der Waals surface area contributed by atoms with Gasteiger partial charge in [0.25, 0.3) is 0 Å². The Morgan fingerprint density at radius 3 is 2.61 bits per heavy atom. The number of hydrogen-bond acceptors (Lipinski definition) is 4. The molecule has 1 N–H and O–H groups in total. The van der Waals surface area contributed by atoms with Gasteiger partial charge in [0.2, 0.25) is 0 Å². The van der Waals surface area contributed by atoms with Gasteiger partial charge in [0.1, 0.15) is 12.4 Å². The van der Waals surface area contributed by atoms with Crippen LogP contribution in [0.15, 0.2) is 60.8 Å². The Morgan fingerprint density at radius 1 is 1.14 bits per heavy atom. The van der Waals surface area contributed by atoms with E-state index in [2.05, 4.69) is 17.3 Å². The number of carbonyl (C=O) groups excluding carboxylic acids is 1. The first-order valence-electron chi connectivity index (χ1n) is 9.13. The molecule has 28 heavy (non-hydrogen) atoms. The maximum atomic E-state index is 12.1. The number of nitrogens with one attached hydrogen (secondary N) is 1. The number of carbonyl (C=O) groups is 1. The number of amides is 1. The Morgan fingerprint density at radius 2 is 1.89 bits per heavy atom. The van der Waals surface area contributed by atoms with Gasteiger partial charge in [-0.2, -0.15) is 5.10 Å². The van der Waals surface area contributed by atoms with Gasteiger partial charge in [0, 0.05) is 5.02 Å². The fourth-order valence-electron chi connectivity index (χ4n) is 2.69. The number of nitrogens with zero attached hydrogens (tertiary/aromatic N) is 2. The molecule has 0 bridgehead atoms. The van der Waals surface area contributed by atoms with Crippen molar-refractivity contribution in [2.24, 2.45) is 0 Å². The summed E-state index contributed by atoms with van der Waals surface area (Å²) in [6.45, 7) is 2.75. The summed E-state index contributed by atoms with van der Waals surface area (Å²) < 4.78 is 12.8. The van der Waals surface area contributed by atoms with E-state index in [0.717, 1.165) is 30.0 Å². The van der Waals surface area contributed by atoms with Crippen LogP contribution in [0.3, 0.4) is 0 Å². The average Bonchev–Trinajstić information content (AvgIpc) is 3.09. The molecular formula is C21H22ClN3O3. The molecule has 0 saturated heterocycles. The third kappa shape index (κ3) is 5.27. The topological polar surface area (TPSA) is 65.4 Å². The smallest absolute Gasteiger partial charge is 0.412 e. The molecule has 1 amide bonds. The summed E-state index contributed by atoms with van der Waals surface area (Å²) in [6, 6.07) is 16.8. The summed E-state index contributed by atoms with van der Waals surface area (Å²) in [5.74, 6) is 1.20. The van der Waals surface area contributed by atoms with Crippen LogP contribution in [0, 0.1) is 0 Å². The minimum absolute atomic E-state index is 0.335. The number of ether oxygens (including phenoxy) is 2. The highest BCUT2D eigenvalue weighted by molar-refractivity contribution is 6.30. The van der Waals surface area contributed by atoms with E-state index in [4.69, 9.17) is 21.1 Å². The summed E-state index contributed by atoms with van der Waals surface area (Å²) in [6.07, 6.45) is 2.63. The van der Waals surface area contributed by atoms with Gasteiger partial charge < -0.3 is 14.8 Å². The van der Waals surface area contributed by atoms with E-state index in [9.17, 15) is 4.79 Å². The van der Waals surface area contributed by atoms with E-state index in [1.807, 2.05) is 42.5 Å². The molecule has 0 aliphatic heterocycles. The molecule has 0 fully saturated rings. The van der Waals surface area contributed by atoms with Crippen molar-refractivity contribution in [1.82, 2.24) is 15.1 Å². The molecule has 0 aliphatic rings. The normalized spacial score (nSPS) is 10.5. The Hall–Kier alpha value is -2.99. The highest BCUT2D eigenvalue weighted by Crippen LogP contribution is 2.24. The summed E-state index contributed by atoms with van der Waals surface area (Å²) in [5.41, 5.74) is 1.69. The van der Waals surface area contributed by atoms with E-state index < -0.39 is 6.09 Å². The van der Waals surface area contributed by atoms with Crippen LogP contribution in [0.25, 0.3) is 5.69 Å². The Labute approximate surface area is 169 Å². The van der Waals surface area contributed by atoms with Crippen molar-refractivity contribution >= 4 is 17.7 Å². The number of aromatic nitrogens is 2. The van der Waals surface area contributed by atoms with Gasteiger partial charge in [-0.1, -0.05) is 43.1 Å². The standard InChI is InChI=1S/C21H22ClN3O3/c1-2-6-19-20(15-24-25(19)17-11-9-16(22)10-12-17)28-21(26)23-13-14-27-18-7-4-3-5-8-18/h3-5,7-12,15H,2,6,13-14H2,1H3,(H,23,26). The minimum atomic E-state index is -0.537. The summed E-state index contributed by atoms with van der Waals surface area (Å²) in [5, 5.41) is 7.71. The SMILES string of the molecule is CCCc1c(OC(=O)NCCOc2ccccc2)cnn1-c1ccc(Cl)cc1. The number of halogens is 1. The van der Waals surface area contributed by atoms with Crippen molar-refractivity contribution in [3.8, 4) is 17.2 Å². The summed E-state index contributed by atoms with van der Waals surface area (Å²) >= 11 is 5.96. The van der Waals surface area contributed by atoms with Gasteiger partial charge in [-0.25, -0.2) is 9.48 Å². The number of rotatable bonds is 8. The van der Waals surface area contributed by atoms with E-state index in [0.29, 0.717) is 23.9 Å². The maximum Gasteiger partial charge on any atom is 0.412 e. The molecule has 0 unspecified atom stereocenters. The van der Waals surface area contributed by atoms with Crippen LogP contribution < -0.4 is 14.8 Å². The van der Waals surface area contributed by atoms with Crippen molar-refractivity contribution in [2.75, 3.05) is 13.2 Å². The Kier molecular flexibility index (Phi) is 6.92. The molecular weight excluding hydrogens is 378 g/mol. The number of benzene rings is 2. The van der Waals surface area contributed by atoms with Crippen LogP contribution in [0.2, 0.25) is 5.02 Å². The van der Waals surface area contributed by atoms with Crippen molar-refractivity contribution < 1.29 is 14.3 Å². The molecule has 1 aromatic heterocycles. The van der Waals surface area contributed by atoms with E-state index in [-0.39, 0.29) is 0 Å². The third-order valence-electron chi connectivity index (χ3n) is 3.97. The summed E-state index contributed by atoms with van der Waals surface area (Å²) in [7, 11) is 0. The molecule has 146 valence electrons. The molecule has 0 atom stereocenters. The average molecular weight is 400 g/mol. The van der Waals surface area contributed by atoms with Crippen molar-refractivity contribution in [2.45, 2.75) is 19.8 Å². The zero-order chi connectivity index (χ0) is 19.8. The maximum absolute atomic E-state index is 12.1. The van der Waals surface area contributed by atoms with Crippen molar-refractivity contribution in [3.05, 3.63) is 71.5 Å². The fraction of sp³-hybridized carbons (Fsp3) is 0.238. The van der Waals surface area contributed by atoms with Gasteiger partial charge in [0.05, 0.1) is 24.1 Å². The van der Waals surface area contributed by atoms with Gasteiger partial charge in [-0.3, -0.25) is 0 Å². The second kappa shape index (κ2) is 9.80. The molecule has 0 aliphatic carbocycles. The van der Waals surface area contributed by atoms with E-state index in [1.165, 1.54) is 0 Å². The predicted molar refractivity (Wildman–Crippen MR) is 109 cm³/mol. The molecule has 3 aromatic rings. The van der Waals surface area contributed by atoms with E-state index >= 15 is 0 Å². The van der Waals surface area contributed by atoms with Gasteiger partial charge in [-0.05, 0) is 42.8 Å². The highest BCUT2D eigenvalue weighted by Gasteiger charge is 2.16. The lowest BCUT2D eigenvalue weighted by Gasteiger charge is -2.10. The van der Waals surface area contributed by atoms with Gasteiger partial charge >= 0.3 is 6.09 Å². The second-order valence-electron chi connectivity index (χ2n) is 6.07. The van der Waals surface area contributed by atoms with Crippen molar-refractivity contribution in [1.29, 1.82) is 0 Å². The lowest BCUT2D eigenvalue weighted by Crippen LogP contribution is -2.30. The van der Waals surface area contributed by atoms with Crippen LogP contribution in [-0.4, -0.2) is 29.0 Å². The van der Waals surface area contributed by atoms with Crippen LogP contribution in [0.4, 0.5) is 4.79 Å². The first-order valence-corrected chi connectivity index (χ1v) is 9.51. The molecule has 7 heteroatoms. The minimum Gasteiger partial charge on any atom is -0.492 e. The molecule has 2 aromatic carbocycles. The zero-order valence-corrected chi connectivity index (χ0v) is 16.4. The second-order valence-corrected chi connectivity index (χ2v) is 6.51. The summed E-state index contributed by atoms with van der Waals surface area (Å²) in [4.78, 5) is 12.1. The van der Waals surface area contributed by atoms with Crippen LogP contribution in [-0.2, 0) is 6.42 Å². The first kappa shape index (κ1) is 19.8. The molecule has 0 spiro atoms. The molecule has 0 saturated carbocycles. The van der Waals surface area contributed by atoms with Gasteiger partial charge in [0.15, 0.2) is 5.75 Å². The van der Waals surface area contributed by atoms with Gasteiger partial charge in [-0.15, -0.1) is 0 Å². The molecule has 3 rings (SSSR count). The quantitative estimate of drug-likeness (QED) is 0.560. The largest absolute Gasteiger partial charge is 0.492 e. The number of hydrogen-bond donors (Lipinski definition) is 1. The lowest BCUT2D eigenvalue weighted by molar-refractivity contribution is 0.196. The zero-order valence-electron chi connectivity index (χ0n) is 15.6. The lowest BCUT2D eigenvalue weighted by atomic mass is 10.2.